The molecule has 0 saturated heterocycles. The van der Waals surface area contributed by atoms with Crippen molar-refractivity contribution in [3.63, 3.8) is 0 Å². The molecule has 1 aliphatic heterocycles. The van der Waals surface area contributed by atoms with Crippen LogP contribution in [0.25, 0.3) is 109 Å². The van der Waals surface area contributed by atoms with Crippen LogP contribution >= 0.6 is 0 Å². The van der Waals surface area contributed by atoms with E-state index in [2.05, 4.69) is 213 Å². The second-order valence-electron chi connectivity index (χ2n) is 17.2. The summed E-state index contributed by atoms with van der Waals surface area (Å²) in [7, 11) is 0. The zero-order chi connectivity index (χ0) is 40.9. The molecule has 0 spiro atoms. The number of quaternary nitrogens is 1. The summed E-state index contributed by atoms with van der Waals surface area (Å²) in [4.78, 5) is 0. The zero-order valence-corrected chi connectivity index (χ0v) is 34.0. The average molecular weight is 805 g/mol. The van der Waals surface area contributed by atoms with E-state index in [1.165, 1.54) is 87.3 Å². The van der Waals surface area contributed by atoms with Gasteiger partial charge in [-0.05, 0) is 70.1 Å². The maximum atomic E-state index is 6.61. The third kappa shape index (κ3) is 4.36. The van der Waals surface area contributed by atoms with Crippen molar-refractivity contribution in [2.75, 3.05) is 0 Å². The molecule has 10 aromatic carbocycles. The molecule has 4 aromatic heterocycles. The lowest BCUT2D eigenvalue weighted by Gasteiger charge is -2.23. The van der Waals surface area contributed by atoms with Crippen molar-refractivity contribution >= 4 is 115 Å². The molecular formula is C58H36N4O+2. The quantitative estimate of drug-likeness (QED) is 0.177. The zero-order valence-electron chi connectivity index (χ0n) is 34.0. The lowest BCUT2D eigenvalue weighted by Crippen LogP contribution is -3.00. The van der Waals surface area contributed by atoms with E-state index in [9.17, 15) is 0 Å². The van der Waals surface area contributed by atoms with Crippen LogP contribution in [-0.2, 0) is 0 Å². The lowest BCUT2D eigenvalue weighted by molar-refractivity contribution is -0.866. The fraction of sp³-hybridized carbons (Fsp3) is 0.0172. The van der Waals surface area contributed by atoms with Crippen molar-refractivity contribution in [1.82, 2.24) is 8.97 Å². The average Bonchev–Trinajstić information content (AvgIpc) is 4.07. The topological polar surface area (TPSA) is 42.1 Å². The van der Waals surface area contributed by atoms with Gasteiger partial charge in [0.2, 0.25) is 5.69 Å². The van der Waals surface area contributed by atoms with Gasteiger partial charge < -0.3 is 13.4 Å². The largest absolute Gasteiger partial charge is 0.455 e. The number of nitrogens with zero attached hydrogens (tertiary/aromatic N) is 3. The highest BCUT2D eigenvalue weighted by molar-refractivity contribution is 6.39. The molecule has 0 aliphatic carbocycles. The standard InChI is InChI=1S/C58H34N4O/c1-2-18-37(19-3-1)61-57(59-58(61)46-28-14-26-43-39-21-9-11-30-50(39)63-56(43)46)36-17-12-20-38(31-36)60-48-29-10-8-24-44(48)51-40-22-6-7-23-41(40)52-45-27-13-25-42-47-32-34-15-4-5-16-35(34)33-49(47)62(53(42)45)55(52)54(51)60/h1-33,58H/p+2. The Bertz CT molecular complexity index is 4300. The monoisotopic (exact) mass is 804 g/mol. The SMILES string of the molecule is c1ccc([N+]2=C(c3cccc(-n4c5ccccc5c5c6ccccc6c6c7cccc8c9cc%10ccccc%10cc9n(c87)c6c54)c3)[NH2+]C2c2cccc3c2oc2ccccc23)cc1. The molecule has 15 rings (SSSR count). The Balaban J connectivity index is 1.04. The Labute approximate surface area is 359 Å². The smallest absolute Gasteiger partial charge is 0.384 e. The number of para-hydroxylation sites is 5. The predicted molar refractivity (Wildman–Crippen MR) is 259 cm³/mol. The molecule has 0 amide bonds. The van der Waals surface area contributed by atoms with E-state index in [1.807, 2.05) is 6.07 Å². The van der Waals surface area contributed by atoms with E-state index < -0.39 is 0 Å². The normalized spacial score (nSPS) is 14.7. The fourth-order valence-corrected chi connectivity index (χ4v) is 11.4. The van der Waals surface area contributed by atoms with Crippen molar-refractivity contribution < 1.29 is 14.3 Å². The molecule has 0 saturated carbocycles. The van der Waals surface area contributed by atoms with Crippen LogP contribution in [0, 0.1) is 0 Å². The van der Waals surface area contributed by atoms with Crippen molar-refractivity contribution in [2.45, 2.75) is 6.17 Å². The number of benzene rings is 10. The van der Waals surface area contributed by atoms with Crippen LogP contribution in [0.4, 0.5) is 5.69 Å². The Kier molecular flexibility index (Phi) is 6.48. The molecule has 292 valence electrons. The van der Waals surface area contributed by atoms with Crippen LogP contribution in [-0.4, -0.2) is 19.4 Å². The number of hydrogen-bond acceptors (Lipinski definition) is 1. The lowest BCUT2D eigenvalue weighted by atomic mass is 9.97. The summed E-state index contributed by atoms with van der Waals surface area (Å²) in [5, 5.41) is 17.5. The molecule has 1 atom stereocenters. The fourth-order valence-electron chi connectivity index (χ4n) is 11.4. The Morgan fingerprint density at radius 3 is 1.95 bits per heavy atom. The van der Waals surface area contributed by atoms with Crippen LogP contribution in [0.3, 0.4) is 0 Å². The number of nitrogens with two attached hydrogens (primary N) is 1. The van der Waals surface area contributed by atoms with Crippen LogP contribution in [0.2, 0.25) is 0 Å². The molecule has 5 heterocycles. The number of fused-ring (bicyclic) bond motifs is 17. The highest BCUT2D eigenvalue weighted by atomic mass is 16.3. The van der Waals surface area contributed by atoms with Gasteiger partial charge in [0.15, 0.2) is 5.58 Å². The van der Waals surface area contributed by atoms with E-state index in [-0.39, 0.29) is 6.17 Å². The maximum absolute atomic E-state index is 6.61. The summed E-state index contributed by atoms with van der Waals surface area (Å²) in [6.07, 6.45) is -0.00259. The number of rotatable bonds is 4. The van der Waals surface area contributed by atoms with Gasteiger partial charge >= 0.3 is 12.0 Å². The van der Waals surface area contributed by atoms with Gasteiger partial charge in [-0.3, -0.25) is 0 Å². The van der Waals surface area contributed by atoms with Crippen LogP contribution in [0.1, 0.15) is 17.3 Å². The van der Waals surface area contributed by atoms with E-state index in [4.69, 9.17) is 4.42 Å². The molecule has 1 aliphatic rings. The van der Waals surface area contributed by atoms with Crippen LogP contribution in [0.5, 0.6) is 0 Å². The molecule has 0 radical (unpaired) electrons. The minimum Gasteiger partial charge on any atom is -0.455 e. The highest BCUT2D eigenvalue weighted by Crippen LogP contribution is 2.49. The third-order valence-corrected chi connectivity index (χ3v) is 14.0. The first-order valence-corrected chi connectivity index (χ1v) is 21.8. The van der Waals surface area contributed by atoms with Crippen molar-refractivity contribution in [1.29, 1.82) is 0 Å². The van der Waals surface area contributed by atoms with E-state index in [0.29, 0.717) is 0 Å². The second kappa shape index (κ2) is 12.2. The van der Waals surface area contributed by atoms with E-state index in [0.717, 1.165) is 44.4 Å². The summed E-state index contributed by atoms with van der Waals surface area (Å²) < 4.78 is 14.2. The van der Waals surface area contributed by atoms with Gasteiger partial charge in [0, 0.05) is 60.9 Å². The summed E-state index contributed by atoms with van der Waals surface area (Å²) in [5.74, 6) is 1.18. The van der Waals surface area contributed by atoms with Gasteiger partial charge in [0.05, 0.1) is 27.6 Å². The third-order valence-electron chi connectivity index (χ3n) is 14.0. The first-order chi connectivity index (χ1) is 31.3. The highest BCUT2D eigenvalue weighted by Gasteiger charge is 2.48. The van der Waals surface area contributed by atoms with Crippen molar-refractivity contribution in [3.05, 3.63) is 211 Å². The Morgan fingerprint density at radius 1 is 0.444 bits per heavy atom. The molecule has 14 aromatic rings. The summed E-state index contributed by atoms with van der Waals surface area (Å²) >= 11 is 0. The molecule has 0 fully saturated rings. The van der Waals surface area contributed by atoms with Gasteiger partial charge in [0.25, 0.3) is 0 Å². The van der Waals surface area contributed by atoms with Crippen LogP contribution in [0.15, 0.2) is 205 Å². The second-order valence-corrected chi connectivity index (χ2v) is 17.2. The summed E-state index contributed by atoms with van der Waals surface area (Å²) in [6, 6.07) is 73.4. The van der Waals surface area contributed by atoms with Gasteiger partial charge in [-0.1, -0.05) is 144 Å². The molecular weight excluding hydrogens is 769 g/mol. The summed E-state index contributed by atoms with van der Waals surface area (Å²) in [6.45, 7) is 0. The molecule has 63 heavy (non-hydrogen) atoms. The number of hydrogen-bond donors (Lipinski definition) is 1. The van der Waals surface area contributed by atoms with Gasteiger partial charge in [0.1, 0.15) is 16.7 Å². The van der Waals surface area contributed by atoms with E-state index >= 15 is 0 Å². The predicted octanol–water partition coefficient (Wildman–Crippen LogP) is 13.5. The number of aromatic nitrogens is 2. The Morgan fingerprint density at radius 2 is 1.10 bits per heavy atom. The minimum absolute atomic E-state index is 0.00259. The molecule has 1 unspecified atom stereocenters. The van der Waals surface area contributed by atoms with Crippen molar-refractivity contribution in [2.24, 2.45) is 0 Å². The molecule has 2 N–H and O–H groups in total. The molecule has 5 nitrogen and oxygen atoms in total. The number of amidine groups is 1. The summed E-state index contributed by atoms with van der Waals surface area (Å²) in [5.41, 5.74) is 12.6. The Hall–Kier alpha value is -8.25. The number of furan rings is 1. The molecule has 0 bridgehead atoms. The first kappa shape index (κ1) is 33.5. The van der Waals surface area contributed by atoms with Crippen LogP contribution < -0.4 is 5.32 Å². The minimum atomic E-state index is -0.00259. The molecule has 5 heteroatoms. The van der Waals surface area contributed by atoms with Gasteiger partial charge in [-0.2, -0.15) is 5.32 Å². The van der Waals surface area contributed by atoms with Gasteiger partial charge in [-0.25, -0.2) is 0 Å². The maximum Gasteiger partial charge on any atom is 0.384 e. The van der Waals surface area contributed by atoms with Crippen molar-refractivity contribution in [3.8, 4) is 5.69 Å². The van der Waals surface area contributed by atoms with Gasteiger partial charge in [-0.15, -0.1) is 0 Å². The van der Waals surface area contributed by atoms with E-state index in [1.54, 1.807) is 0 Å². The first-order valence-electron chi connectivity index (χ1n) is 21.8.